The van der Waals surface area contributed by atoms with Crippen molar-refractivity contribution < 1.29 is 9.59 Å². The Morgan fingerprint density at radius 2 is 1.19 bits per heavy atom. The number of benzene rings is 1. The number of unbranched alkanes of at least 4 members (excludes halogenated alkanes) is 9. The van der Waals surface area contributed by atoms with E-state index in [1.807, 2.05) is 30.3 Å². The van der Waals surface area contributed by atoms with Crippen molar-refractivity contribution in [3.05, 3.63) is 35.9 Å². The van der Waals surface area contributed by atoms with Gasteiger partial charge in [0.15, 0.2) is 0 Å². The number of hydrogen-bond donors (Lipinski definition) is 2. The maximum atomic E-state index is 11.7. The molecule has 2 N–H and O–H groups in total. The molecule has 0 heterocycles. The predicted molar refractivity (Wildman–Crippen MR) is 108 cm³/mol. The number of amides is 2. The van der Waals surface area contributed by atoms with Crippen LogP contribution in [0.5, 0.6) is 0 Å². The van der Waals surface area contributed by atoms with Crippen LogP contribution in [0.2, 0.25) is 0 Å². The third kappa shape index (κ3) is 11.7. The lowest BCUT2D eigenvalue weighted by molar-refractivity contribution is -0.139. The molecule has 2 amide bonds. The van der Waals surface area contributed by atoms with Gasteiger partial charge in [-0.2, -0.15) is 0 Å². The van der Waals surface area contributed by atoms with Crippen LogP contribution in [0, 0.1) is 0 Å². The molecule has 0 unspecified atom stereocenters. The fourth-order valence-electron chi connectivity index (χ4n) is 2.94. The fourth-order valence-corrected chi connectivity index (χ4v) is 2.94. The molecule has 4 nitrogen and oxygen atoms in total. The Hall–Kier alpha value is -1.84. The topological polar surface area (TPSA) is 58.2 Å². The number of carbonyl (C=O) groups is 2. The lowest BCUT2D eigenvalue weighted by Crippen LogP contribution is -2.40. The molecule has 0 bridgehead atoms. The zero-order valence-electron chi connectivity index (χ0n) is 16.4. The van der Waals surface area contributed by atoms with Crippen LogP contribution in [0.1, 0.15) is 76.7 Å². The minimum atomic E-state index is -0.534. The van der Waals surface area contributed by atoms with Crippen LogP contribution >= 0.6 is 0 Å². The number of nitrogens with one attached hydrogen (secondary N) is 2. The minimum absolute atomic E-state index is 0.481. The second-order valence-electron chi connectivity index (χ2n) is 6.93. The van der Waals surface area contributed by atoms with Crippen LogP contribution in [0.4, 0.5) is 0 Å². The maximum absolute atomic E-state index is 11.7. The van der Waals surface area contributed by atoms with E-state index in [1.54, 1.807) is 0 Å². The average Bonchev–Trinajstić information content (AvgIpc) is 2.66. The van der Waals surface area contributed by atoms with E-state index in [1.165, 1.54) is 51.4 Å². The van der Waals surface area contributed by atoms with Gasteiger partial charge in [-0.05, 0) is 18.4 Å². The highest BCUT2D eigenvalue weighted by molar-refractivity contribution is 6.35. The molecule has 1 aromatic carbocycles. The summed E-state index contributed by atoms with van der Waals surface area (Å²) >= 11 is 0. The molecule has 146 valence electrons. The Balaban J connectivity index is 1.91. The van der Waals surface area contributed by atoms with E-state index in [0.717, 1.165) is 24.8 Å². The van der Waals surface area contributed by atoms with Gasteiger partial charge in [0.25, 0.3) is 0 Å². The normalized spacial score (nSPS) is 10.5. The largest absolute Gasteiger partial charge is 0.348 e. The molecule has 0 radical (unpaired) electrons. The van der Waals surface area contributed by atoms with E-state index in [-0.39, 0.29) is 0 Å². The highest BCUT2D eigenvalue weighted by Gasteiger charge is 2.11. The molecule has 0 aliphatic carbocycles. The van der Waals surface area contributed by atoms with Crippen LogP contribution in [0.3, 0.4) is 0 Å². The van der Waals surface area contributed by atoms with Crippen LogP contribution in [-0.2, 0) is 16.0 Å². The number of rotatable bonds is 14. The van der Waals surface area contributed by atoms with Gasteiger partial charge in [0.1, 0.15) is 0 Å². The van der Waals surface area contributed by atoms with E-state index in [0.29, 0.717) is 13.1 Å². The van der Waals surface area contributed by atoms with Gasteiger partial charge >= 0.3 is 11.8 Å². The quantitative estimate of drug-likeness (QED) is 0.382. The van der Waals surface area contributed by atoms with Crippen LogP contribution in [-0.4, -0.2) is 24.9 Å². The first-order chi connectivity index (χ1) is 12.7. The van der Waals surface area contributed by atoms with Gasteiger partial charge in [0.2, 0.25) is 0 Å². The lowest BCUT2D eigenvalue weighted by Gasteiger charge is -2.07. The third-order valence-electron chi connectivity index (χ3n) is 4.56. The van der Waals surface area contributed by atoms with Crippen LogP contribution in [0.25, 0.3) is 0 Å². The molecule has 0 atom stereocenters. The van der Waals surface area contributed by atoms with E-state index in [9.17, 15) is 9.59 Å². The first kappa shape index (κ1) is 22.2. The van der Waals surface area contributed by atoms with Crippen LogP contribution in [0.15, 0.2) is 30.3 Å². The average molecular weight is 361 g/mol. The second-order valence-corrected chi connectivity index (χ2v) is 6.93. The molecule has 0 aliphatic heterocycles. The molecule has 0 saturated carbocycles. The molecule has 1 rings (SSSR count). The summed E-state index contributed by atoms with van der Waals surface area (Å²) in [5.74, 6) is -1.05. The minimum Gasteiger partial charge on any atom is -0.348 e. The lowest BCUT2D eigenvalue weighted by atomic mass is 10.1. The number of carbonyl (C=O) groups excluding carboxylic acids is 2. The molecule has 0 aliphatic rings. The van der Waals surface area contributed by atoms with Gasteiger partial charge in [-0.25, -0.2) is 0 Å². The number of hydrogen-bond acceptors (Lipinski definition) is 2. The van der Waals surface area contributed by atoms with Crippen molar-refractivity contribution in [3.8, 4) is 0 Å². The summed E-state index contributed by atoms with van der Waals surface area (Å²) in [4.78, 5) is 23.4. The van der Waals surface area contributed by atoms with Gasteiger partial charge in [-0.1, -0.05) is 95.0 Å². The summed E-state index contributed by atoms with van der Waals surface area (Å²) in [7, 11) is 0. The van der Waals surface area contributed by atoms with E-state index < -0.39 is 11.8 Å². The SMILES string of the molecule is CCCCCCCCCCCCNC(=O)C(=O)NCCc1ccccc1. The second kappa shape index (κ2) is 15.4. The summed E-state index contributed by atoms with van der Waals surface area (Å²) in [5, 5.41) is 5.38. The molecule has 0 aromatic heterocycles. The van der Waals surface area contributed by atoms with Crippen molar-refractivity contribution in [3.63, 3.8) is 0 Å². The standard InChI is InChI=1S/C22H36N2O2/c1-2-3-4-5-6-7-8-9-10-14-18-23-21(25)22(26)24-19-17-20-15-12-11-13-16-20/h11-13,15-16H,2-10,14,17-19H2,1H3,(H,23,25)(H,24,26). The Morgan fingerprint density at radius 3 is 1.77 bits per heavy atom. The molecular weight excluding hydrogens is 324 g/mol. The zero-order chi connectivity index (χ0) is 18.9. The fraction of sp³-hybridized carbons (Fsp3) is 0.636. The van der Waals surface area contributed by atoms with Crippen molar-refractivity contribution in [1.82, 2.24) is 10.6 Å². The highest BCUT2D eigenvalue weighted by Crippen LogP contribution is 2.10. The van der Waals surface area contributed by atoms with E-state index >= 15 is 0 Å². The van der Waals surface area contributed by atoms with Gasteiger partial charge in [0.05, 0.1) is 0 Å². The van der Waals surface area contributed by atoms with Gasteiger partial charge < -0.3 is 10.6 Å². The molecule has 0 fully saturated rings. The molecule has 1 aromatic rings. The molecule has 4 heteroatoms. The maximum Gasteiger partial charge on any atom is 0.309 e. The summed E-state index contributed by atoms with van der Waals surface area (Å²) < 4.78 is 0. The zero-order valence-corrected chi connectivity index (χ0v) is 16.4. The highest BCUT2D eigenvalue weighted by atomic mass is 16.2. The summed E-state index contributed by atoms with van der Waals surface area (Å²) in [6, 6.07) is 9.92. The Kier molecular flexibility index (Phi) is 13.2. The Bertz CT molecular complexity index is 488. The Labute approximate surface area is 159 Å². The van der Waals surface area contributed by atoms with Crippen LogP contribution < -0.4 is 10.6 Å². The van der Waals surface area contributed by atoms with Gasteiger partial charge in [-0.15, -0.1) is 0 Å². The van der Waals surface area contributed by atoms with Gasteiger partial charge in [-0.3, -0.25) is 9.59 Å². The third-order valence-corrected chi connectivity index (χ3v) is 4.56. The van der Waals surface area contributed by atoms with Gasteiger partial charge in [0, 0.05) is 13.1 Å². The molecule has 26 heavy (non-hydrogen) atoms. The van der Waals surface area contributed by atoms with Crippen molar-refractivity contribution in [2.45, 2.75) is 77.6 Å². The van der Waals surface area contributed by atoms with Crippen molar-refractivity contribution in [1.29, 1.82) is 0 Å². The first-order valence-electron chi connectivity index (χ1n) is 10.3. The first-order valence-corrected chi connectivity index (χ1v) is 10.3. The predicted octanol–water partition coefficient (Wildman–Crippen LogP) is 4.38. The van der Waals surface area contributed by atoms with Crippen molar-refractivity contribution >= 4 is 11.8 Å². The Morgan fingerprint density at radius 1 is 0.692 bits per heavy atom. The van der Waals surface area contributed by atoms with Crippen molar-refractivity contribution in [2.75, 3.05) is 13.1 Å². The van der Waals surface area contributed by atoms with E-state index in [4.69, 9.17) is 0 Å². The van der Waals surface area contributed by atoms with E-state index in [2.05, 4.69) is 17.6 Å². The summed E-state index contributed by atoms with van der Waals surface area (Å²) in [6.07, 6.45) is 13.4. The molecule has 0 spiro atoms. The van der Waals surface area contributed by atoms with Crippen molar-refractivity contribution in [2.24, 2.45) is 0 Å². The molecular formula is C22H36N2O2. The summed E-state index contributed by atoms with van der Waals surface area (Å²) in [6.45, 7) is 3.31. The molecule has 0 saturated heterocycles. The monoisotopic (exact) mass is 360 g/mol. The smallest absolute Gasteiger partial charge is 0.309 e. The summed E-state index contributed by atoms with van der Waals surface area (Å²) in [5.41, 5.74) is 1.15.